The highest BCUT2D eigenvalue weighted by Crippen LogP contribution is 2.16. The minimum absolute atomic E-state index is 0.300. The molecule has 0 aromatic carbocycles. The van der Waals surface area contributed by atoms with Gasteiger partial charge in [0.05, 0.1) is 0 Å². The van der Waals surface area contributed by atoms with Crippen LogP contribution < -0.4 is 0 Å². The van der Waals surface area contributed by atoms with Crippen molar-refractivity contribution in [3.05, 3.63) is 0 Å². The van der Waals surface area contributed by atoms with Crippen molar-refractivity contribution in [2.75, 3.05) is 33.7 Å². The van der Waals surface area contributed by atoms with Crippen molar-refractivity contribution in [1.29, 1.82) is 0 Å². The average molecular weight is 242 g/mol. The lowest BCUT2D eigenvalue weighted by atomic mass is 9.97. The smallest absolute Gasteiger partial charge is 0.315 e. The molecule has 98 valence electrons. The third kappa shape index (κ3) is 4.00. The van der Waals surface area contributed by atoms with Crippen molar-refractivity contribution in [2.24, 2.45) is 11.8 Å². The Bertz CT molecular complexity index is 293. The van der Waals surface area contributed by atoms with Crippen LogP contribution in [0.5, 0.6) is 0 Å². The van der Waals surface area contributed by atoms with Gasteiger partial charge >= 0.3 is 5.97 Å². The van der Waals surface area contributed by atoms with Gasteiger partial charge in [0.1, 0.15) is 5.92 Å². The first-order chi connectivity index (χ1) is 7.91. The van der Waals surface area contributed by atoms with Gasteiger partial charge in [0.2, 0.25) is 5.91 Å². The van der Waals surface area contributed by atoms with Crippen molar-refractivity contribution in [2.45, 2.75) is 19.8 Å². The van der Waals surface area contributed by atoms with Gasteiger partial charge in [0.15, 0.2) is 0 Å². The lowest BCUT2D eigenvalue weighted by Crippen LogP contribution is -2.42. The Hall–Kier alpha value is -1.10. The van der Waals surface area contributed by atoms with Gasteiger partial charge < -0.3 is 14.9 Å². The standard InChI is InChI=1S/C12H22N2O3/c1-9(12(16)17)11(15)14(3)8-10-5-4-6-13(2)7-10/h9-10H,4-8H2,1-3H3,(H,16,17). The van der Waals surface area contributed by atoms with Crippen LogP contribution in [-0.4, -0.2) is 60.5 Å². The molecule has 0 radical (unpaired) electrons. The van der Waals surface area contributed by atoms with Gasteiger partial charge in [-0.15, -0.1) is 0 Å². The monoisotopic (exact) mass is 242 g/mol. The molecular weight excluding hydrogens is 220 g/mol. The van der Waals surface area contributed by atoms with Crippen LogP contribution in [0.15, 0.2) is 0 Å². The molecule has 1 N–H and O–H groups in total. The third-order valence-corrected chi connectivity index (χ3v) is 3.37. The summed E-state index contributed by atoms with van der Waals surface area (Å²) in [7, 11) is 3.77. The summed E-state index contributed by atoms with van der Waals surface area (Å²) in [6.07, 6.45) is 2.26. The number of carbonyl (C=O) groups excluding carboxylic acids is 1. The first-order valence-corrected chi connectivity index (χ1v) is 6.08. The molecule has 0 spiro atoms. The Balaban J connectivity index is 2.45. The molecule has 5 nitrogen and oxygen atoms in total. The van der Waals surface area contributed by atoms with E-state index in [9.17, 15) is 9.59 Å². The summed E-state index contributed by atoms with van der Waals surface area (Å²) in [5.74, 6) is -1.83. The van der Waals surface area contributed by atoms with Crippen LogP contribution in [0.4, 0.5) is 0 Å². The van der Waals surface area contributed by atoms with Gasteiger partial charge in [-0.25, -0.2) is 0 Å². The van der Waals surface area contributed by atoms with Crippen molar-refractivity contribution < 1.29 is 14.7 Å². The zero-order chi connectivity index (χ0) is 13.0. The summed E-state index contributed by atoms with van der Waals surface area (Å²) >= 11 is 0. The van der Waals surface area contributed by atoms with Crippen molar-refractivity contribution in [1.82, 2.24) is 9.80 Å². The number of carboxylic acids is 1. The second-order valence-corrected chi connectivity index (χ2v) is 5.05. The molecule has 17 heavy (non-hydrogen) atoms. The molecule has 2 atom stereocenters. The molecule has 0 aromatic rings. The van der Waals surface area contributed by atoms with Gasteiger partial charge in [-0.05, 0) is 39.3 Å². The topological polar surface area (TPSA) is 60.9 Å². The van der Waals surface area contributed by atoms with E-state index in [4.69, 9.17) is 5.11 Å². The van der Waals surface area contributed by atoms with Gasteiger partial charge in [0, 0.05) is 20.1 Å². The number of likely N-dealkylation sites (tertiary alicyclic amines) is 1. The molecule has 1 fully saturated rings. The fraction of sp³-hybridized carbons (Fsp3) is 0.833. The molecule has 0 aliphatic carbocycles. The number of hydrogen-bond donors (Lipinski definition) is 1. The molecule has 0 aromatic heterocycles. The maximum atomic E-state index is 11.8. The predicted molar refractivity (Wildman–Crippen MR) is 64.7 cm³/mol. The fourth-order valence-electron chi connectivity index (χ4n) is 2.34. The number of rotatable bonds is 4. The molecule has 0 bridgehead atoms. The van der Waals surface area contributed by atoms with E-state index in [1.54, 1.807) is 11.9 Å². The summed E-state index contributed by atoms with van der Waals surface area (Å²) in [6, 6.07) is 0. The molecule has 1 saturated heterocycles. The molecule has 1 amide bonds. The maximum Gasteiger partial charge on any atom is 0.315 e. The second kappa shape index (κ2) is 6.00. The minimum atomic E-state index is -1.05. The average Bonchev–Trinajstić information content (AvgIpc) is 2.26. The highest BCUT2D eigenvalue weighted by atomic mass is 16.4. The zero-order valence-electron chi connectivity index (χ0n) is 10.8. The van der Waals surface area contributed by atoms with Crippen LogP contribution >= 0.6 is 0 Å². The van der Waals surface area contributed by atoms with Crippen LogP contribution in [0.1, 0.15) is 19.8 Å². The lowest BCUT2D eigenvalue weighted by molar-refractivity contribution is -0.150. The lowest BCUT2D eigenvalue weighted by Gasteiger charge is -2.32. The molecule has 5 heteroatoms. The number of carbonyl (C=O) groups is 2. The van der Waals surface area contributed by atoms with Crippen molar-refractivity contribution >= 4 is 11.9 Å². The van der Waals surface area contributed by atoms with Crippen LogP contribution in [0.25, 0.3) is 0 Å². The predicted octanol–water partition coefficient (Wildman–Crippen LogP) is 0.507. The number of nitrogens with zero attached hydrogens (tertiary/aromatic N) is 2. The van der Waals surface area contributed by atoms with E-state index in [0.717, 1.165) is 25.9 Å². The number of carboxylic acid groups (broad SMARTS) is 1. The summed E-state index contributed by atoms with van der Waals surface area (Å²) in [5, 5.41) is 8.79. The van der Waals surface area contributed by atoms with Gasteiger partial charge in [-0.3, -0.25) is 9.59 Å². The molecule has 0 saturated carbocycles. The summed E-state index contributed by atoms with van der Waals surface area (Å²) in [4.78, 5) is 26.3. The Morgan fingerprint density at radius 1 is 1.53 bits per heavy atom. The molecule has 1 rings (SSSR count). The molecular formula is C12H22N2O3. The van der Waals surface area contributed by atoms with E-state index in [-0.39, 0.29) is 5.91 Å². The number of aliphatic carboxylic acids is 1. The maximum absolute atomic E-state index is 11.8. The quantitative estimate of drug-likeness (QED) is 0.730. The van der Waals surface area contributed by atoms with Gasteiger partial charge in [-0.2, -0.15) is 0 Å². The number of piperidine rings is 1. The highest BCUT2D eigenvalue weighted by Gasteiger charge is 2.26. The molecule has 2 unspecified atom stereocenters. The van der Waals surface area contributed by atoms with Crippen LogP contribution in [-0.2, 0) is 9.59 Å². The van der Waals surface area contributed by atoms with Crippen molar-refractivity contribution in [3.8, 4) is 0 Å². The summed E-state index contributed by atoms with van der Waals surface area (Å²) < 4.78 is 0. The van der Waals surface area contributed by atoms with E-state index in [1.807, 2.05) is 0 Å². The van der Waals surface area contributed by atoms with E-state index in [1.165, 1.54) is 6.92 Å². The van der Waals surface area contributed by atoms with Crippen LogP contribution in [0.2, 0.25) is 0 Å². The van der Waals surface area contributed by atoms with Crippen LogP contribution in [0.3, 0.4) is 0 Å². The Kier molecular flexibility index (Phi) is 4.93. The third-order valence-electron chi connectivity index (χ3n) is 3.37. The number of hydrogen-bond acceptors (Lipinski definition) is 3. The van der Waals surface area contributed by atoms with Gasteiger partial charge in [0.25, 0.3) is 0 Å². The summed E-state index contributed by atoms with van der Waals surface area (Å²) in [6.45, 7) is 4.19. The SMILES string of the molecule is CC(C(=O)O)C(=O)N(C)CC1CCCN(C)C1. The Labute approximate surface area is 102 Å². The van der Waals surface area contributed by atoms with Crippen LogP contribution in [0, 0.1) is 11.8 Å². The Morgan fingerprint density at radius 3 is 2.71 bits per heavy atom. The largest absolute Gasteiger partial charge is 0.481 e. The molecule has 1 aliphatic heterocycles. The van der Waals surface area contributed by atoms with E-state index in [2.05, 4.69) is 11.9 Å². The fourth-order valence-corrected chi connectivity index (χ4v) is 2.34. The van der Waals surface area contributed by atoms with Crippen molar-refractivity contribution in [3.63, 3.8) is 0 Å². The molecule has 1 aliphatic rings. The minimum Gasteiger partial charge on any atom is -0.481 e. The Morgan fingerprint density at radius 2 is 2.18 bits per heavy atom. The van der Waals surface area contributed by atoms with E-state index >= 15 is 0 Å². The first-order valence-electron chi connectivity index (χ1n) is 6.08. The van der Waals surface area contributed by atoms with E-state index < -0.39 is 11.9 Å². The van der Waals surface area contributed by atoms with Gasteiger partial charge in [-0.1, -0.05) is 0 Å². The first kappa shape index (κ1) is 14.0. The highest BCUT2D eigenvalue weighted by molar-refractivity contribution is 5.96. The van der Waals surface area contributed by atoms with E-state index in [0.29, 0.717) is 12.5 Å². The zero-order valence-corrected chi connectivity index (χ0v) is 10.8. The second-order valence-electron chi connectivity index (χ2n) is 5.05. The number of amides is 1. The normalized spacial score (nSPS) is 23.1. The summed E-state index contributed by atoms with van der Waals surface area (Å²) in [5.41, 5.74) is 0. The molecule has 1 heterocycles.